The molecule has 0 amide bonds. The predicted molar refractivity (Wildman–Crippen MR) is 38.4 cm³/mol. The van der Waals surface area contributed by atoms with Crippen LogP contribution in [0.2, 0.25) is 5.02 Å². The first-order valence-corrected chi connectivity index (χ1v) is 3.07. The Labute approximate surface area is 79.7 Å². The van der Waals surface area contributed by atoms with Gasteiger partial charge in [-0.2, -0.15) is 0 Å². The molecule has 0 unspecified atom stereocenters. The molecule has 2 nitrogen and oxygen atoms in total. The molecule has 0 spiro atoms. The molecule has 0 atom stereocenters. The number of hydrogen-bond acceptors (Lipinski definition) is 1. The van der Waals surface area contributed by atoms with Gasteiger partial charge < -0.3 is 5.11 Å². The quantitative estimate of drug-likeness (QED) is 0.735. The van der Waals surface area contributed by atoms with Crippen molar-refractivity contribution in [2.75, 3.05) is 0 Å². The zero-order valence-electron chi connectivity index (χ0n) is 5.34. The SMILES string of the molecule is O=C(O)c1ccccc1Cl.[Cu]. The number of halogens is 1. The topological polar surface area (TPSA) is 37.3 Å². The molecule has 1 radical (unpaired) electrons. The largest absolute Gasteiger partial charge is 0.478 e. The van der Waals surface area contributed by atoms with E-state index in [0.29, 0.717) is 0 Å². The van der Waals surface area contributed by atoms with Crippen LogP contribution < -0.4 is 0 Å². The Morgan fingerprint density at radius 2 is 1.91 bits per heavy atom. The van der Waals surface area contributed by atoms with Crippen LogP contribution in [0.1, 0.15) is 10.4 Å². The summed E-state index contributed by atoms with van der Waals surface area (Å²) in [5.41, 5.74) is 0.143. The molecule has 0 fully saturated rings. The van der Waals surface area contributed by atoms with Gasteiger partial charge in [-0.1, -0.05) is 23.7 Å². The Balaban J connectivity index is 0.000001000. The number of benzene rings is 1. The van der Waals surface area contributed by atoms with Gasteiger partial charge in [0.2, 0.25) is 0 Å². The van der Waals surface area contributed by atoms with Crippen molar-refractivity contribution < 1.29 is 27.0 Å². The Morgan fingerprint density at radius 1 is 1.36 bits per heavy atom. The maximum Gasteiger partial charge on any atom is 0.337 e. The molecule has 11 heavy (non-hydrogen) atoms. The van der Waals surface area contributed by atoms with Crippen molar-refractivity contribution in [1.29, 1.82) is 0 Å². The number of carboxylic acids is 1. The normalized spacial score (nSPS) is 8.45. The second-order valence-corrected chi connectivity index (χ2v) is 2.19. The smallest absolute Gasteiger partial charge is 0.337 e. The number of aromatic carboxylic acids is 1. The van der Waals surface area contributed by atoms with Crippen LogP contribution >= 0.6 is 11.6 Å². The molecule has 1 aromatic rings. The van der Waals surface area contributed by atoms with Gasteiger partial charge in [0.15, 0.2) is 0 Å². The summed E-state index contributed by atoms with van der Waals surface area (Å²) >= 11 is 5.54. The van der Waals surface area contributed by atoms with Crippen molar-refractivity contribution >= 4 is 17.6 Å². The number of hydrogen-bond donors (Lipinski definition) is 1. The van der Waals surface area contributed by atoms with E-state index in [1.165, 1.54) is 6.07 Å². The minimum atomic E-state index is -0.995. The summed E-state index contributed by atoms with van der Waals surface area (Å²) in [7, 11) is 0. The molecule has 0 bridgehead atoms. The Bertz CT molecular complexity index is 262. The van der Waals surface area contributed by atoms with Crippen LogP contribution in [0.3, 0.4) is 0 Å². The summed E-state index contributed by atoms with van der Waals surface area (Å²) in [4.78, 5) is 10.3. The average molecular weight is 220 g/mol. The third-order valence-electron chi connectivity index (χ3n) is 1.10. The van der Waals surface area contributed by atoms with Crippen LogP contribution in [-0.2, 0) is 17.1 Å². The van der Waals surface area contributed by atoms with Gasteiger partial charge >= 0.3 is 5.97 Å². The molecule has 0 saturated heterocycles. The monoisotopic (exact) mass is 219 g/mol. The second kappa shape index (κ2) is 4.39. The van der Waals surface area contributed by atoms with Gasteiger partial charge in [0.05, 0.1) is 10.6 Å². The van der Waals surface area contributed by atoms with E-state index < -0.39 is 5.97 Å². The maximum absolute atomic E-state index is 10.3. The van der Waals surface area contributed by atoms with Crippen molar-refractivity contribution in [3.63, 3.8) is 0 Å². The van der Waals surface area contributed by atoms with Gasteiger partial charge in [0, 0.05) is 17.1 Å². The third-order valence-corrected chi connectivity index (χ3v) is 1.43. The Kier molecular flexibility index (Phi) is 4.19. The van der Waals surface area contributed by atoms with Gasteiger partial charge in [-0.05, 0) is 12.1 Å². The van der Waals surface area contributed by atoms with Gasteiger partial charge in [-0.25, -0.2) is 4.79 Å². The van der Waals surface area contributed by atoms with Crippen LogP contribution in [0.25, 0.3) is 0 Å². The van der Waals surface area contributed by atoms with E-state index in [-0.39, 0.29) is 27.7 Å². The molecule has 0 aliphatic rings. The minimum Gasteiger partial charge on any atom is -0.478 e. The molecule has 0 saturated carbocycles. The summed E-state index contributed by atoms with van der Waals surface area (Å²) in [6.07, 6.45) is 0. The zero-order chi connectivity index (χ0) is 7.56. The molecule has 1 aromatic carbocycles. The summed E-state index contributed by atoms with van der Waals surface area (Å²) < 4.78 is 0. The van der Waals surface area contributed by atoms with Crippen LogP contribution in [0.4, 0.5) is 0 Å². The van der Waals surface area contributed by atoms with Crippen molar-refractivity contribution in [2.45, 2.75) is 0 Å². The fraction of sp³-hybridized carbons (Fsp3) is 0. The van der Waals surface area contributed by atoms with E-state index in [2.05, 4.69) is 0 Å². The molecule has 0 aliphatic heterocycles. The van der Waals surface area contributed by atoms with E-state index in [4.69, 9.17) is 16.7 Å². The first-order valence-electron chi connectivity index (χ1n) is 2.69. The van der Waals surface area contributed by atoms with E-state index in [0.717, 1.165) is 0 Å². The van der Waals surface area contributed by atoms with Gasteiger partial charge in [-0.3, -0.25) is 0 Å². The van der Waals surface area contributed by atoms with Crippen molar-refractivity contribution in [1.82, 2.24) is 0 Å². The number of carboxylic acid groups (broad SMARTS) is 1. The third kappa shape index (κ3) is 2.54. The Morgan fingerprint density at radius 3 is 2.27 bits per heavy atom. The summed E-state index contributed by atoms with van der Waals surface area (Å²) in [5.74, 6) is -0.995. The fourth-order valence-corrected chi connectivity index (χ4v) is 0.851. The maximum atomic E-state index is 10.3. The molecule has 0 aliphatic carbocycles. The second-order valence-electron chi connectivity index (χ2n) is 1.78. The molecule has 1 rings (SSSR count). The van der Waals surface area contributed by atoms with E-state index in [9.17, 15) is 4.79 Å². The minimum absolute atomic E-state index is 0. The van der Waals surface area contributed by atoms with Crippen molar-refractivity contribution in [3.8, 4) is 0 Å². The standard InChI is InChI=1S/C7H5ClO2.Cu/c8-6-4-2-1-3-5(6)7(9)10;/h1-4H,(H,9,10);. The van der Waals surface area contributed by atoms with E-state index in [1.54, 1.807) is 18.2 Å². The van der Waals surface area contributed by atoms with Crippen molar-refractivity contribution in [2.24, 2.45) is 0 Å². The van der Waals surface area contributed by atoms with Crippen LogP contribution in [0, 0.1) is 0 Å². The van der Waals surface area contributed by atoms with Crippen molar-refractivity contribution in [3.05, 3.63) is 34.9 Å². The summed E-state index contributed by atoms with van der Waals surface area (Å²) in [6, 6.07) is 6.33. The van der Waals surface area contributed by atoms with Gasteiger partial charge in [-0.15, -0.1) is 0 Å². The van der Waals surface area contributed by atoms with E-state index in [1.807, 2.05) is 0 Å². The molecule has 0 heterocycles. The molecular formula is C7H5ClCuO2. The van der Waals surface area contributed by atoms with Gasteiger partial charge in [0.25, 0.3) is 0 Å². The summed E-state index contributed by atoms with van der Waals surface area (Å²) in [6.45, 7) is 0. The average Bonchev–Trinajstić information content (AvgIpc) is 1.88. The number of carbonyl (C=O) groups is 1. The molecule has 63 valence electrons. The molecular weight excluding hydrogens is 215 g/mol. The number of rotatable bonds is 1. The Hall–Kier alpha value is -0.501. The fourth-order valence-electron chi connectivity index (χ4n) is 0.635. The molecule has 0 aromatic heterocycles. The van der Waals surface area contributed by atoms with Gasteiger partial charge in [0.1, 0.15) is 0 Å². The first kappa shape index (κ1) is 10.5. The van der Waals surface area contributed by atoms with Crippen LogP contribution in [0.15, 0.2) is 24.3 Å². The predicted octanol–water partition coefficient (Wildman–Crippen LogP) is 2.04. The summed E-state index contributed by atoms with van der Waals surface area (Å²) in [5, 5.41) is 8.75. The first-order chi connectivity index (χ1) is 4.72. The molecule has 4 heteroatoms. The molecule has 1 N–H and O–H groups in total. The van der Waals surface area contributed by atoms with E-state index >= 15 is 0 Å². The zero-order valence-corrected chi connectivity index (χ0v) is 7.04. The van der Waals surface area contributed by atoms with Crippen LogP contribution in [-0.4, -0.2) is 11.1 Å². The van der Waals surface area contributed by atoms with Crippen LogP contribution in [0.5, 0.6) is 0 Å².